The number of hydrogen-bond acceptors (Lipinski definition) is 4. The lowest BCUT2D eigenvalue weighted by Crippen LogP contribution is -2.26. The molecule has 1 unspecified atom stereocenters. The molecular formula is C13H18N2O3. The molecule has 0 aromatic heterocycles. The highest BCUT2D eigenvalue weighted by molar-refractivity contribution is 5.94. The van der Waals surface area contributed by atoms with Gasteiger partial charge in [-0.1, -0.05) is 6.07 Å². The SMILES string of the molecule is NCCOc1cccc(NC(=O)C2CCCO2)c1. The molecule has 0 aliphatic carbocycles. The van der Waals surface area contributed by atoms with Crippen molar-refractivity contribution in [3.63, 3.8) is 0 Å². The third-order valence-corrected chi connectivity index (χ3v) is 2.71. The molecule has 1 aliphatic rings. The second-order valence-electron chi connectivity index (χ2n) is 4.16. The average Bonchev–Trinajstić information content (AvgIpc) is 2.91. The van der Waals surface area contributed by atoms with E-state index in [9.17, 15) is 4.79 Å². The van der Waals surface area contributed by atoms with E-state index in [-0.39, 0.29) is 12.0 Å². The fourth-order valence-electron chi connectivity index (χ4n) is 1.85. The molecule has 0 bridgehead atoms. The zero-order valence-electron chi connectivity index (χ0n) is 10.2. The summed E-state index contributed by atoms with van der Waals surface area (Å²) >= 11 is 0. The van der Waals surface area contributed by atoms with Crippen LogP contribution in [0.3, 0.4) is 0 Å². The lowest BCUT2D eigenvalue weighted by molar-refractivity contribution is -0.124. The van der Waals surface area contributed by atoms with Crippen molar-refractivity contribution in [2.75, 3.05) is 25.1 Å². The summed E-state index contributed by atoms with van der Waals surface area (Å²) in [6.07, 6.45) is 1.41. The van der Waals surface area contributed by atoms with Crippen molar-refractivity contribution in [2.45, 2.75) is 18.9 Å². The maximum absolute atomic E-state index is 11.8. The van der Waals surface area contributed by atoms with Crippen molar-refractivity contribution in [1.29, 1.82) is 0 Å². The van der Waals surface area contributed by atoms with E-state index in [1.54, 1.807) is 6.07 Å². The Morgan fingerprint density at radius 1 is 1.56 bits per heavy atom. The fourth-order valence-corrected chi connectivity index (χ4v) is 1.85. The predicted molar refractivity (Wildman–Crippen MR) is 68.6 cm³/mol. The molecule has 3 N–H and O–H groups in total. The molecule has 1 heterocycles. The molecule has 5 heteroatoms. The number of amides is 1. The van der Waals surface area contributed by atoms with Gasteiger partial charge in [0.05, 0.1) is 0 Å². The predicted octanol–water partition coefficient (Wildman–Crippen LogP) is 1.14. The van der Waals surface area contributed by atoms with Crippen molar-refractivity contribution < 1.29 is 14.3 Å². The Morgan fingerprint density at radius 3 is 3.17 bits per heavy atom. The summed E-state index contributed by atoms with van der Waals surface area (Å²) in [4.78, 5) is 11.8. The van der Waals surface area contributed by atoms with Crippen LogP contribution in [0.5, 0.6) is 5.75 Å². The zero-order valence-corrected chi connectivity index (χ0v) is 10.2. The second kappa shape index (κ2) is 6.37. The van der Waals surface area contributed by atoms with E-state index in [1.807, 2.05) is 18.2 Å². The Bertz CT molecular complexity index is 403. The van der Waals surface area contributed by atoms with Crippen molar-refractivity contribution >= 4 is 11.6 Å². The van der Waals surface area contributed by atoms with Gasteiger partial charge in [-0.05, 0) is 25.0 Å². The minimum atomic E-state index is -0.321. The molecule has 1 aromatic rings. The first-order valence-electron chi connectivity index (χ1n) is 6.15. The third-order valence-electron chi connectivity index (χ3n) is 2.71. The fraction of sp³-hybridized carbons (Fsp3) is 0.462. The van der Waals surface area contributed by atoms with Gasteiger partial charge < -0.3 is 20.5 Å². The van der Waals surface area contributed by atoms with Gasteiger partial charge in [0.1, 0.15) is 18.5 Å². The number of carbonyl (C=O) groups excluding carboxylic acids is 1. The Hall–Kier alpha value is -1.59. The van der Waals surface area contributed by atoms with E-state index in [4.69, 9.17) is 15.2 Å². The molecule has 1 amide bonds. The zero-order chi connectivity index (χ0) is 12.8. The number of benzene rings is 1. The summed E-state index contributed by atoms with van der Waals surface area (Å²) in [6, 6.07) is 7.26. The summed E-state index contributed by atoms with van der Waals surface area (Å²) in [5.41, 5.74) is 6.08. The summed E-state index contributed by atoms with van der Waals surface area (Å²) in [7, 11) is 0. The van der Waals surface area contributed by atoms with Gasteiger partial charge in [0, 0.05) is 24.9 Å². The number of ether oxygens (including phenoxy) is 2. The standard InChI is InChI=1S/C13H18N2O3/c14-6-8-17-11-4-1-3-10(9-11)15-13(16)12-5-2-7-18-12/h1,3-4,9,12H,2,5-8,14H2,(H,15,16). The topological polar surface area (TPSA) is 73.6 Å². The molecule has 1 saturated heterocycles. The molecular weight excluding hydrogens is 232 g/mol. The van der Waals surface area contributed by atoms with Crippen molar-refractivity contribution in [2.24, 2.45) is 5.73 Å². The lowest BCUT2D eigenvalue weighted by Gasteiger charge is -2.11. The molecule has 1 aliphatic heterocycles. The van der Waals surface area contributed by atoms with Crippen LogP contribution in [0.4, 0.5) is 5.69 Å². The number of hydrogen-bond donors (Lipinski definition) is 2. The molecule has 2 rings (SSSR count). The molecule has 98 valence electrons. The van der Waals surface area contributed by atoms with Crippen LogP contribution in [0.15, 0.2) is 24.3 Å². The molecule has 18 heavy (non-hydrogen) atoms. The minimum Gasteiger partial charge on any atom is -0.492 e. The lowest BCUT2D eigenvalue weighted by atomic mass is 10.2. The Morgan fingerprint density at radius 2 is 2.44 bits per heavy atom. The third kappa shape index (κ3) is 3.45. The highest BCUT2D eigenvalue weighted by Gasteiger charge is 2.23. The van der Waals surface area contributed by atoms with Gasteiger partial charge in [0.2, 0.25) is 0 Å². The van der Waals surface area contributed by atoms with E-state index < -0.39 is 0 Å². The van der Waals surface area contributed by atoms with Crippen molar-refractivity contribution in [3.8, 4) is 5.75 Å². The summed E-state index contributed by atoms with van der Waals surface area (Å²) in [5, 5.41) is 2.83. The smallest absolute Gasteiger partial charge is 0.253 e. The van der Waals surface area contributed by atoms with E-state index in [0.717, 1.165) is 12.8 Å². The number of rotatable bonds is 5. The second-order valence-corrected chi connectivity index (χ2v) is 4.16. The highest BCUT2D eigenvalue weighted by atomic mass is 16.5. The molecule has 0 spiro atoms. The number of carbonyl (C=O) groups is 1. The van der Waals surface area contributed by atoms with Gasteiger partial charge in [-0.3, -0.25) is 4.79 Å². The average molecular weight is 250 g/mol. The summed E-state index contributed by atoms with van der Waals surface area (Å²) in [6.45, 7) is 1.59. The van der Waals surface area contributed by atoms with E-state index >= 15 is 0 Å². The molecule has 1 aromatic carbocycles. The van der Waals surface area contributed by atoms with Crippen LogP contribution in [0.25, 0.3) is 0 Å². The van der Waals surface area contributed by atoms with Crippen LogP contribution in [-0.2, 0) is 9.53 Å². The van der Waals surface area contributed by atoms with Crippen LogP contribution in [-0.4, -0.2) is 31.8 Å². The first-order valence-corrected chi connectivity index (χ1v) is 6.15. The first kappa shape index (κ1) is 12.9. The number of nitrogens with two attached hydrogens (primary N) is 1. The van der Waals surface area contributed by atoms with Crippen LogP contribution < -0.4 is 15.8 Å². The Balaban J connectivity index is 1.93. The normalized spacial score (nSPS) is 18.6. The van der Waals surface area contributed by atoms with Gasteiger partial charge in [0.15, 0.2) is 0 Å². The van der Waals surface area contributed by atoms with Gasteiger partial charge in [-0.25, -0.2) is 0 Å². The Labute approximate surface area is 106 Å². The highest BCUT2D eigenvalue weighted by Crippen LogP contribution is 2.19. The van der Waals surface area contributed by atoms with Crippen LogP contribution in [0, 0.1) is 0 Å². The van der Waals surface area contributed by atoms with Crippen LogP contribution >= 0.6 is 0 Å². The van der Waals surface area contributed by atoms with Gasteiger partial charge in [-0.15, -0.1) is 0 Å². The maximum Gasteiger partial charge on any atom is 0.253 e. The summed E-state index contributed by atoms with van der Waals surface area (Å²) < 4.78 is 10.7. The van der Waals surface area contributed by atoms with E-state index in [2.05, 4.69) is 5.32 Å². The largest absolute Gasteiger partial charge is 0.492 e. The van der Waals surface area contributed by atoms with Crippen molar-refractivity contribution in [1.82, 2.24) is 0 Å². The Kier molecular flexibility index (Phi) is 4.55. The number of nitrogens with one attached hydrogen (secondary N) is 1. The maximum atomic E-state index is 11.8. The quantitative estimate of drug-likeness (QED) is 0.822. The van der Waals surface area contributed by atoms with E-state index in [0.29, 0.717) is 31.2 Å². The van der Waals surface area contributed by atoms with Crippen LogP contribution in [0.2, 0.25) is 0 Å². The van der Waals surface area contributed by atoms with Gasteiger partial charge in [0.25, 0.3) is 5.91 Å². The first-order chi connectivity index (χ1) is 8.79. The summed E-state index contributed by atoms with van der Waals surface area (Å²) in [5.74, 6) is 0.606. The molecule has 5 nitrogen and oxygen atoms in total. The molecule has 0 radical (unpaired) electrons. The van der Waals surface area contributed by atoms with Crippen LogP contribution in [0.1, 0.15) is 12.8 Å². The molecule has 1 atom stereocenters. The van der Waals surface area contributed by atoms with Gasteiger partial charge in [-0.2, -0.15) is 0 Å². The van der Waals surface area contributed by atoms with Crippen molar-refractivity contribution in [3.05, 3.63) is 24.3 Å². The van der Waals surface area contributed by atoms with E-state index in [1.165, 1.54) is 0 Å². The minimum absolute atomic E-state index is 0.0940. The molecule has 1 fully saturated rings. The van der Waals surface area contributed by atoms with Gasteiger partial charge >= 0.3 is 0 Å². The number of anilines is 1. The molecule has 0 saturated carbocycles. The monoisotopic (exact) mass is 250 g/mol.